The second-order valence-corrected chi connectivity index (χ2v) is 9.41. The van der Waals surface area contributed by atoms with Gasteiger partial charge in [0.05, 0.1) is 23.2 Å². The number of hydrogen-bond donors (Lipinski definition) is 0. The Kier molecular flexibility index (Phi) is 6.47. The number of rotatable bonds is 7. The molecule has 0 saturated heterocycles. The third kappa shape index (κ3) is 4.08. The lowest BCUT2D eigenvalue weighted by Crippen LogP contribution is -2.40. The number of likely N-dealkylation sites (N-methyl/N-ethyl adjacent to an activating group) is 1. The van der Waals surface area contributed by atoms with E-state index >= 15 is 0 Å². The van der Waals surface area contributed by atoms with E-state index < -0.39 is 11.2 Å². The number of imidazole rings is 1. The number of carbonyl (C=O) groups excluding carboxylic acids is 1. The number of halogens is 1. The van der Waals surface area contributed by atoms with E-state index in [0.29, 0.717) is 34.5 Å². The van der Waals surface area contributed by atoms with Crippen LogP contribution in [0.15, 0.2) is 28.0 Å². The molecule has 3 heterocycles. The molecule has 0 atom stereocenters. The van der Waals surface area contributed by atoms with E-state index in [1.807, 2.05) is 19.0 Å². The van der Waals surface area contributed by atoms with E-state index in [9.17, 15) is 14.4 Å². The first kappa shape index (κ1) is 23.9. The van der Waals surface area contributed by atoms with Gasteiger partial charge >= 0.3 is 5.69 Å². The van der Waals surface area contributed by atoms with Crippen molar-refractivity contribution in [2.24, 2.45) is 14.1 Å². The van der Waals surface area contributed by atoms with Gasteiger partial charge in [-0.3, -0.25) is 23.6 Å². The van der Waals surface area contributed by atoms with E-state index in [1.165, 1.54) is 40.9 Å². The zero-order valence-corrected chi connectivity index (χ0v) is 21.0. The smallest absolute Gasteiger partial charge is 0.332 e. The number of anilines is 1. The molecule has 0 saturated carbocycles. The summed E-state index contributed by atoms with van der Waals surface area (Å²) in [7, 11) is 8.30. The molecule has 13 heteroatoms. The van der Waals surface area contributed by atoms with Crippen molar-refractivity contribution in [3.63, 3.8) is 0 Å². The van der Waals surface area contributed by atoms with Crippen LogP contribution in [0.4, 0.5) is 5.13 Å². The molecular formula is C21H24ClN7O4S. The SMILES string of the molecule is COc1ccc(Cl)c2sc(N(CCN(C)C)C(=O)Cn3cnc4c3c(=O)n(C)c(=O)n4C)nc12. The van der Waals surface area contributed by atoms with Crippen LogP contribution in [0.5, 0.6) is 5.75 Å². The molecule has 34 heavy (non-hydrogen) atoms. The Morgan fingerprint density at radius 1 is 1.18 bits per heavy atom. The number of aryl methyl sites for hydroxylation is 1. The zero-order valence-electron chi connectivity index (χ0n) is 19.4. The summed E-state index contributed by atoms with van der Waals surface area (Å²) in [5.74, 6) is 0.276. The Hall–Kier alpha value is -3.22. The summed E-state index contributed by atoms with van der Waals surface area (Å²) in [6.45, 7) is 0.806. The molecule has 11 nitrogen and oxygen atoms in total. The van der Waals surface area contributed by atoms with Crippen molar-refractivity contribution in [3.05, 3.63) is 44.3 Å². The predicted octanol–water partition coefficient (Wildman–Crippen LogP) is 1.30. The standard InChI is InChI=1S/C21H24ClN7O4S/c1-25(2)8-9-29(20-24-15-13(33-5)7-6-12(22)17(15)34-20)14(30)10-28-11-23-18-16(28)19(31)27(4)21(32)26(18)3/h6-7,11H,8-10H2,1-5H3. The first-order valence-electron chi connectivity index (χ1n) is 10.3. The number of thiazole rings is 1. The molecule has 0 bridgehead atoms. The summed E-state index contributed by atoms with van der Waals surface area (Å²) in [5.41, 5.74) is -0.0203. The second-order valence-electron chi connectivity index (χ2n) is 8.02. The van der Waals surface area contributed by atoms with Crippen LogP contribution < -0.4 is 20.9 Å². The quantitative estimate of drug-likeness (QED) is 0.372. The van der Waals surface area contributed by atoms with E-state index in [2.05, 4.69) is 9.97 Å². The molecular weight excluding hydrogens is 482 g/mol. The molecule has 4 aromatic rings. The van der Waals surface area contributed by atoms with Gasteiger partial charge in [0.25, 0.3) is 5.56 Å². The Morgan fingerprint density at radius 2 is 1.91 bits per heavy atom. The predicted molar refractivity (Wildman–Crippen MR) is 132 cm³/mol. The first-order valence-corrected chi connectivity index (χ1v) is 11.5. The number of aromatic nitrogens is 5. The number of amides is 1. The van der Waals surface area contributed by atoms with Crippen molar-refractivity contribution in [1.29, 1.82) is 0 Å². The summed E-state index contributed by atoms with van der Waals surface area (Å²) in [4.78, 5) is 50.9. The Labute approximate surface area is 203 Å². The highest BCUT2D eigenvalue weighted by Crippen LogP contribution is 2.38. The van der Waals surface area contributed by atoms with E-state index in [1.54, 1.807) is 24.1 Å². The summed E-state index contributed by atoms with van der Waals surface area (Å²) in [6.07, 6.45) is 1.39. The van der Waals surface area contributed by atoms with Gasteiger partial charge in [-0.25, -0.2) is 14.8 Å². The average Bonchev–Trinajstić information content (AvgIpc) is 3.42. The summed E-state index contributed by atoms with van der Waals surface area (Å²) >= 11 is 7.67. The molecule has 4 rings (SSSR count). The number of hydrogen-bond acceptors (Lipinski definition) is 8. The van der Waals surface area contributed by atoms with Gasteiger partial charge in [-0.1, -0.05) is 22.9 Å². The minimum absolute atomic E-state index is 0.155. The number of ether oxygens (including phenoxy) is 1. The fourth-order valence-electron chi connectivity index (χ4n) is 3.60. The molecule has 3 aromatic heterocycles. The molecule has 180 valence electrons. The van der Waals surface area contributed by atoms with Crippen LogP contribution in [0.2, 0.25) is 5.02 Å². The average molecular weight is 506 g/mol. The molecule has 0 N–H and O–H groups in total. The van der Waals surface area contributed by atoms with E-state index in [4.69, 9.17) is 16.3 Å². The van der Waals surface area contributed by atoms with Gasteiger partial charge in [0.2, 0.25) is 5.91 Å². The van der Waals surface area contributed by atoms with E-state index in [-0.39, 0.29) is 23.6 Å². The van der Waals surface area contributed by atoms with Crippen LogP contribution in [0.25, 0.3) is 21.4 Å². The van der Waals surface area contributed by atoms with Gasteiger partial charge in [-0.15, -0.1) is 0 Å². The van der Waals surface area contributed by atoms with Crippen molar-refractivity contribution in [2.75, 3.05) is 39.2 Å². The maximum atomic E-state index is 13.5. The Morgan fingerprint density at radius 3 is 2.59 bits per heavy atom. The number of nitrogens with zero attached hydrogens (tertiary/aromatic N) is 7. The van der Waals surface area contributed by atoms with Crippen LogP contribution >= 0.6 is 22.9 Å². The minimum atomic E-state index is -0.514. The van der Waals surface area contributed by atoms with Crippen molar-refractivity contribution >= 4 is 55.4 Å². The fourth-order valence-corrected chi connectivity index (χ4v) is 4.90. The lowest BCUT2D eigenvalue weighted by atomic mass is 10.3. The van der Waals surface area contributed by atoms with Gasteiger partial charge in [0.1, 0.15) is 17.8 Å². The van der Waals surface area contributed by atoms with Gasteiger partial charge in [0.15, 0.2) is 16.3 Å². The maximum Gasteiger partial charge on any atom is 0.332 e. The lowest BCUT2D eigenvalue weighted by molar-refractivity contribution is -0.119. The zero-order chi connectivity index (χ0) is 24.7. The van der Waals surface area contributed by atoms with Crippen molar-refractivity contribution < 1.29 is 9.53 Å². The van der Waals surface area contributed by atoms with E-state index in [0.717, 1.165) is 9.27 Å². The Bertz CT molecular complexity index is 1520. The van der Waals surface area contributed by atoms with Crippen LogP contribution in [-0.2, 0) is 25.4 Å². The summed E-state index contributed by atoms with van der Waals surface area (Å²) in [6, 6.07) is 3.46. The largest absolute Gasteiger partial charge is 0.494 e. The van der Waals surface area contributed by atoms with Gasteiger partial charge in [0, 0.05) is 27.2 Å². The van der Waals surface area contributed by atoms with Gasteiger partial charge in [-0.2, -0.15) is 0 Å². The fraction of sp³-hybridized carbons (Fsp3) is 0.381. The van der Waals surface area contributed by atoms with Crippen LogP contribution in [0.1, 0.15) is 0 Å². The first-order chi connectivity index (χ1) is 16.1. The van der Waals surface area contributed by atoms with Crippen LogP contribution in [0, 0.1) is 0 Å². The van der Waals surface area contributed by atoms with Crippen molar-refractivity contribution in [3.8, 4) is 5.75 Å². The van der Waals surface area contributed by atoms with Gasteiger partial charge < -0.3 is 14.2 Å². The molecule has 0 unspecified atom stereocenters. The molecule has 1 aromatic carbocycles. The number of methoxy groups -OCH3 is 1. The molecule has 0 aliphatic carbocycles. The molecule has 1 amide bonds. The maximum absolute atomic E-state index is 13.5. The third-order valence-electron chi connectivity index (χ3n) is 5.49. The Balaban J connectivity index is 1.77. The normalized spacial score (nSPS) is 11.6. The molecule has 0 radical (unpaired) electrons. The third-order valence-corrected chi connectivity index (χ3v) is 7.03. The summed E-state index contributed by atoms with van der Waals surface area (Å²) in [5, 5.41) is 0.988. The second kappa shape index (κ2) is 9.20. The van der Waals surface area contributed by atoms with Gasteiger partial charge in [-0.05, 0) is 26.2 Å². The van der Waals surface area contributed by atoms with Crippen LogP contribution in [0.3, 0.4) is 0 Å². The summed E-state index contributed by atoms with van der Waals surface area (Å²) < 4.78 is 9.87. The molecule has 0 aliphatic rings. The number of fused-ring (bicyclic) bond motifs is 2. The number of carbonyl (C=O) groups is 1. The highest BCUT2D eigenvalue weighted by molar-refractivity contribution is 7.23. The molecule has 0 aliphatic heterocycles. The number of benzene rings is 1. The van der Waals surface area contributed by atoms with Crippen molar-refractivity contribution in [2.45, 2.75) is 6.54 Å². The minimum Gasteiger partial charge on any atom is -0.494 e. The molecule has 0 fully saturated rings. The monoisotopic (exact) mass is 505 g/mol. The lowest BCUT2D eigenvalue weighted by Gasteiger charge is -2.22. The topological polar surface area (TPSA) is 107 Å². The molecule has 0 spiro atoms. The van der Waals surface area contributed by atoms with Crippen LogP contribution in [-0.4, -0.2) is 68.8 Å². The highest BCUT2D eigenvalue weighted by atomic mass is 35.5. The highest BCUT2D eigenvalue weighted by Gasteiger charge is 2.24. The van der Waals surface area contributed by atoms with Crippen molar-refractivity contribution in [1.82, 2.24) is 28.6 Å².